The molecule has 1 aliphatic heterocycles. The van der Waals surface area contributed by atoms with Crippen LogP contribution in [0.3, 0.4) is 0 Å². The first kappa shape index (κ1) is 13.0. The van der Waals surface area contributed by atoms with Crippen molar-refractivity contribution in [3.05, 3.63) is 0 Å². The third-order valence-corrected chi connectivity index (χ3v) is 3.42. The zero-order valence-corrected chi connectivity index (χ0v) is 10.8. The molecular formula is C13H28N2. The molecule has 2 atom stereocenters. The third kappa shape index (κ3) is 4.52. The molecule has 2 heteroatoms. The van der Waals surface area contributed by atoms with Crippen molar-refractivity contribution in [3.8, 4) is 0 Å². The van der Waals surface area contributed by atoms with Gasteiger partial charge < -0.3 is 5.32 Å². The van der Waals surface area contributed by atoms with E-state index in [1.54, 1.807) is 0 Å². The van der Waals surface area contributed by atoms with Crippen molar-refractivity contribution in [1.29, 1.82) is 0 Å². The molecule has 1 aliphatic rings. The average Bonchev–Trinajstić information content (AvgIpc) is 2.21. The highest BCUT2D eigenvalue weighted by Gasteiger charge is 2.22. The fraction of sp³-hybridized carbons (Fsp3) is 1.00. The van der Waals surface area contributed by atoms with E-state index >= 15 is 0 Å². The van der Waals surface area contributed by atoms with Crippen LogP contribution >= 0.6 is 0 Å². The molecule has 0 amide bonds. The first-order valence-electron chi connectivity index (χ1n) is 6.72. The van der Waals surface area contributed by atoms with Gasteiger partial charge >= 0.3 is 0 Å². The minimum atomic E-state index is 0.794. The number of hydrogen-bond acceptors (Lipinski definition) is 2. The normalized spacial score (nSPS) is 25.4. The van der Waals surface area contributed by atoms with Crippen LogP contribution in [0.2, 0.25) is 0 Å². The second-order valence-corrected chi connectivity index (χ2v) is 5.04. The van der Waals surface area contributed by atoms with E-state index in [4.69, 9.17) is 0 Å². The van der Waals surface area contributed by atoms with Crippen LogP contribution < -0.4 is 5.32 Å². The minimum absolute atomic E-state index is 0.794. The van der Waals surface area contributed by atoms with Crippen molar-refractivity contribution < 1.29 is 0 Å². The summed E-state index contributed by atoms with van der Waals surface area (Å²) in [7, 11) is 0. The van der Waals surface area contributed by atoms with Gasteiger partial charge in [0, 0.05) is 32.2 Å². The Kier molecular flexibility index (Phi) is 6.26. The molecular weight excluding hydrogens is 184 g/mol. The second-order valence-electron chi connectivity index (χ2n) is 5.04. The summed E-state index contributed by atoms with van der Waals surface area (Å²) in [6.07, 6.45) is 5.37. The van der Waals surface area contributed by atoms with Crippen LogP contribution in [-0.2, 0) is 0 Å². The fourth-order valence-corrected chi connectivity index (χ4v) is 2.65. The summed E-state index contributed by atoms with van der Waals surface area (Å²) in [6, 6.07) is 0.794. The van der Waals surface area contributed by atoms with Crippen molar-refractivity contribution >= 4 is 0 Å². The predicted octanol–water partition coefficient (Wildman–Crippen LogP) is 2.50. The lowest BCUT2D eigenvalue weighted by Gasteiger charge is -2.37. The van der Waals surface area contributed by atoms with Crippen LogP contribution in [0.1, 0.15) is 46.5 Å². The van der Waals surface area contributed by atoms with E-state index in [9.17, 15) is 0 Å². The summed E-state index contributed by atoms with van der Waals surface area (Å²) >= 11 is 0. The molecule has 0 spiro atoms. The van der Waals surface area contributed by atoms with Gasteiger partial charge in [0.15, 0.2) is 0 Å². The first-order chi connectivity index (χ1) is 7.27. The highest BCUT2D eigenvalue weighted by atomic mass is 15.2. The van der Waals surface area contributed by atoms with E-state index < -0.39 is 0 Å². The lowest BCUT2D eigenvalue weighted by atomic mass is 10.0. The summed E-state index contributed by atoms with van der Waals surface area (Å²) < 4.78 is 0. The second kappa shape index (κ2) is 7.24. The summed E-state index contributed by atoms with van der Waals surface area (Å²) in [5.74, 6) is 0.868. The van der Waals surface area contributed by atoms with Gasteiger partial charge in [0.25, 0.3) is 0 Å². The van der Waals surface area contributed by atoms with E-state index in [0.717, 1.165) is 12.0 Å². The monoisotopic (exact) mass is 212 g/mol. The molecule has 1 heterocycles. The maximum atomic E-state index is 3.51. The molecule has 2 unspecified atom stereocenters. The molecule has 0 radical (unpaired) electrons. The van der Waals surface area contributed by atoms with E-state index in [2.05, 4.69) is 31.0 Å². The van der Waals surface area contributed by atoms with Crippen molar-refractivity contribution in [3.63, 3.8) is 0 Å². The van der Waals surface area contributed by atoms with Crippen molar-refractivity contribution in [2.45, 2.75) is 52.5 Å². The molecule has 1 saturated heterocycles. The Bertz CT molecular complexity index is 157. The zero-order valence-electron chi connectivity index (χ0n) is 10.8. The molecule has 0 aliphatic carbocycles. The van der Waals surface area contributed by atoms with Crippen LogP contribution in [0, 0.1) is 5.92 Å². The van der Waals surface area contributed by atoms with Crippen molar-refractivity contribution in [2.75, 3.05) is 26.2 Å². The minimum Gasteiger partial charge on any atom is -0.314 e. The topological polar surface area (TPSA) is 15.3 Å². The quantitative estimate of drug-likeness (QED) is 0.728. The Morgan fingerprint density at radius 1 is 1.33 bits per heavy atom. The van der Waals surface area contributed by atoms with E-state index in [0.29, 0.717) is 0 Å². The fourth-order valence-electron chi connectivity index (χ4n) is 2.65. The molecule has 0 saturated carbocycles. The lowest BCUT2D eigenvalue weighted by Crippen LogP contribution is -2.52. The molecule has 1 N–H and O–H groups in total. The van der Waals surface area contributed by atoms with Crippen molar-refractivity contribution in [1.82, 2.24) is 10.2 Å². The van der Waals surface area contributed by atoms with E-state index in [-0.39, 0.29) is 0 Å². The van der Waals surface area contributed by atoms with Crippen LogP contribution in [0.5, 0.6) is 0 Å². The van der Waals surface area contributed by atoms with Gasteiger partial charge in [-0.2, -0.15) is 0 Å². The Morgan fingerprint density at radius 3 is 2.80 bits per heavy atom. The van der Waals surface area contributed by atoms with Gasteiger partial charge in [-0.3, -0.25) is 4.90 Å². The largest absolute Gasteiger partial charge is 0.314 e. The van der Waals surface area contributed by atoms with Crippen LogP contribution in [0.4, 0.5) is 0 Å². The van der Waals surface area contributed by atoms with Gasteiger partial charge in [0.05, 0.1) is 0 Å². The lowest BCUT2D eigenvalue weighted by molar-refractivity contribution is 0.130. The van der Waals surface area contributed by atoms with Crippen LogP contribution in [-0.4, -0.2) is 37.1 Å². The number of nitrogens with zero attached hydrogens (tertiary/aromatic N) is 1. The summed E-state index contributed by atoms with van der Waals surface area (Å²) in [4.78, 5) is 2.71. The number of piperazine rings is 1. The molecule has 0 aromatic carbocycles. The maximum absolute atomic E-state index is 3.51. The van der Waals surface area contributed by atoms with Gasteiger partial charge in [0.2, 0.25) is 0 Å². The van der Waals surface area contributed by atoms with Crippen molar-refractivity contribution in [2.24, 2.45) is 5.92 Å². The molecule has 0 aromatic heterocycles. The molecule has 15 heavy (non-hydrogen) atoms. The van der Waals surface area contributed by atoms with Crippen LogP contribution in [0.15, 0.2) is 0 Å². The van der Waals surface area contributed by atoms with Gasteiger partial charge in [-0.25, -0.2) is 0 Å². The number of hydrogen-bond donors (Lipinski definition) is 1. The number of rotatable bonds is 6. The predicted molar refractivity (Wildman–Crippen MR) is 67.2 cm³/mol. The molecule has 0 bridgehead atoms. The molecule has 90 valence electrons. The Hall–Kier alpha value is -0.0800. The molecule has 1 fully saturated rings. The smallest absolute Gasteiger partial charge is 0.0221 e. The summed E-state index contributed by atoms with van der Waals surface area (Å²) in [6.45, 7) is 11.9. The summed E-state index contributed by atoms with van der Waals surface area (Å²) in [5, 5.41) is 3.51. The average molecular weight is 212 g/mol. The first-order valence-corrected chi connectivity index (χ1v) is 6.72. The van der Waals surface area contributed by atoms with Gasteiger partial charge in [-0.15, -0.1) is 0 Å². The summed E-state index contributed by atoms with van der Waals surface area (Å²) in [5.41, 5.74) is 0. The Balaban J connectivity index is 2.34. The Morgan fingerprint density at radius 2 is 2.13 bits per heavy atom. The van der Waals surface area contributed by atoms with Crippen LogP contribution in [0.25, 0.3) is 0 Å². The highest BCUT2D eigenvalue weighted by Crippen LogP contribution is 2.14. The molecule has 2 nitrogen and oxygen atoms in total. The zero-order chi connectivity index (χ0) is 11.1. The standard InChI is InChI=1S/C13H28N2/c1-4-6-12(3)11-15-9-8-14-10-13(15)7-5-2/h12-14H,4-11H2,1-3H3. The molecule has 0 aromatic rings. The third-order valence-electron chi connectivity index (χ3n) is 3.42. The van der Waals surface area contributed by atoms with Gasteiger partial charge in [0.1, 0.15) is 0 Å². The number of nitrogens with one attached hydrogen (secondary N) is 1. The van der Waals surface area contributed by atoms with Gasteiger partial charge in [-0.1, -0.05) is 33.6 Å². The highest BCUT2D eigenvalue weighted by molar-refractivity contribution is 4.80. The Labute approximate surface area is 95.4 Å². The van der Waals surface area contributed by atoms with E-state index in [1.807, 2.05) is 0 Å². The maximum Gasteiger partial charge on any atom is 0.0221 e. The molecule has 1 rings (SSSR count). The van der Waals surface area contributed by atoms with Gasteiger partial charge in [-0.05, 0) is 18.8 Å². The van der Waals surface area contributed by atoms with E-state index in [1.165, 1.54) is 51.9 Å². The SMILES string of the molecule is CCCC(C)CN1CCNCC1CCC.